The quantitative estimate of drug-likeness (QED) is 0.350. The third-order valence-corrected chi connectivity index (χ3v) is 3.90. The Morgan fingerprint density at radius 1 is 1.00 bits per heavy atom. The number of benzene rings is 2. The van der Waals surface area contributed by atoms with Gasteiger partial charge in [0, 0.05) is 17.3 Å². The summed E-state index contributed by atoms with van der Waals surface area (Å²) in [5.41, 5.74) is 4.62. The average molecular weight is 365 g/mol. The zero-order valence-electron chi connectivity index (χ0n) is 14.9. The number of ether oxygens (including phenoxy) is 2. The molecule has 0 radical (unpaired) electrons. The van der Waals surface area contributed by atoms with Crippen LogP contribution < -0.4 is 26.1 Å². The number of anilines is 2. The maximum Gasteiger partial charge on any atom is 0.269 e. The van der Waals surface area contributed by atoms with Crippen LogP contribution in [0.2, 0.25) is 0 Å². The van der Waals surface area contributed by atoms with Crippen LogP contribution >= 0.6 is 0 Å². The van der Waals surface area contributed by atoms with Gasteiger partial charge in [0.25, 0.3) is 5.91 Å². The molecule has 8 nitrogen and oxygen atoms in total. The van der Waals surface area contributed by atoms with E-state index in [4.69, 9.17) is 15.3 Å². The summed E-state index contributed by atoms with van der Waals surface area (Å²) in [6, 6.07) is 14.5. The third kappa shape index (κ3) is 3.96. The van der Waals surface area contributed by atoms with Gasteiger partial charge in [0.1, 0.15) is 23.6 Å². The number of carbonyl (C=O) groups excluding carboxylic acids is 1. The molecule has 0 saturated carbocycles. The Morgan fingerprint density at radius 2 is 1.78 bits per heavy atom. The molecule has 0 saturated heterocycles. The lowest BCUT2D eigenvalue weighted by molar-refractivity contribution is 0.0950. The van der Waals surface area contributed by atoms with E-state index in [1.54, 1.807) is 31.4 Å². The van der Waals surface area contributed by atoms with Crippen molar-refractivity contribution in [3.8, 4) is 22.8 Å². The van der Waals surface area contributed by atoms with Gasteiger partial charge in [-0.25, -0.2) is 15.8 Å². The summed E-state index contributed by atoms with van der Waals surface area (Å²) in [7, 11) is 3.10. The standard InChI is InChI=1S/C19H19N5O3/c1-26-16-6-4-3-5-13(16)15-10-18(22-11-21-15)23-12-7-8-17(27-2)14(9-12)19(25)24-20/h3-11H,20H2,1-2H3,(H,24,25)(H,21,22,23). The summed E-state index contributed by atoms with van der Waals surface area (Å²) < 4.78 is 10.6. The second kappa shape index (κ2) is 8.15. The van der Waals surface area contributed by atoms with Gasteiger partial charge in [0.05, 0.1) is 25.5 Å². The molecule has 0 spiro atoms. The fourth-order valence-corrected chi connectivity index (χ4v) is 2.62. The smallest absolute Gasteiger partial charge is 0.269 e. The summed E-state index contributed by atoms with van der Waals surface area (Å²) in [6.07, 6.45) is 1.46. The normalized spacial score (nSPS) is 10.2. The van der Waals surface area contributed by atoms with E-state index < -0.39 is 5.91 Å². The van der Waals surface area contributed by atoms with Crippen LogP contribution in [-0.2, 0) is 0 Å². The first kappa shape index (κ1) is 18.2. The Labute approximate surface area is 156 Å². The Bertz CT molecular complexity index is 962. The largest absolute Gasteiger partial charge is 0.496 e. The van der Waals surface area contributed by atoms with Gasteiger partial charge >= 0.3 is 0 Å². The highest BCUT2D eigenvalue weighted by Gasteiger charge is 2.13. The topological polar surface area (TPSA) is 111 Å². The van der Waals surface area contributed by atoms with Crippen LogP contribution in [0.4, 0.5) is 11.5 Å². The van der Waals surface area contributed by atoms with Crippen LogP contribution in [-0.4, -0.2) is 30.1 Å². The number of carbonyl (C=O) groups is 1. The van der Waals surface area contributed by atoms with Gasteiger partial charge in [0.15, 0.2) is 0 Å². The van der Waals surface area contributed by atoms with E-state index in [0.29, 0.717) is 34.3 Å². The van der Waals surface area contributed by atoms with Crippen molar-refractivity contribution < 1.29 is 14.3 Å². The number of amides is 1. The van der Waals surface area contributed by atoms with Gasteiger partial charge in [-0.15, -0.1) is 0 Å². The minimum Gasteiger partial charge on any atom is -0.496 e. The molecule has 1 heterocycles. The number of rotatable bonds is 6. The zero-order chi connectivity index (χ0) is 19.2. The van der Waals surface area contributed by atoms with Crippen molar-refractivity contribution in [1.82, 2.24) is 15.4 Å². The number of hydrazine groups is 1. The Hall–Kier alpha value is -3.65. The van der Waals surface area contributed by atoms with Crippen molar-refractivity contribution >= 4 is 17.4 Å². The third-order valence-electron chi connectivity index (χ3n) is 3.90. The SMILES string of the molecule is COc1ccc(Nc2cc(-c3ccccc3OC)ncn2)cc1C(=O)NN. The molecular formula is C19H19N5O3. The molecule has 3 rings (SSSR count). The minimum atomic E-state index is -0.451. The van der Waals surface area contributed by atoms with Crippen LogP contribution in [0.3, 0.4) is 0 Å². The predicted molar refractivity (Wildman–Crippen MR) is 102 cm³/mol. The van der Waals surface area contributed by atoms with E-state index in [-0.39, 0.29) is 0 Å². The van der Waals surface area contributed by atoms with Crippen LogP contribution in [0.15, 0.2) is 54.9 Å². The lowest BCUT2D eigenvalue weighted by Crippen LogP contribution is -2.30. The van der Waals surface area contributed by atoms with E-state index >= 15 is 0 Å². The number of methoxy groups -OCH3 is 2. The van der Waals surface area contributed by atoms with Gasteiger partial charge in [0.2, 0.25) is 0 Å². The van der Waals surface area contributed by atoms with Crippen LogP contribution in [0.25, 0.3) is 11.3 Å². The van der Waals surface area contributed by atoms with Crippen molar-refractivity contribution in [3.63, 3.8) is 0 Å². The van der Waals surface area contributed by atoms with Crippen molar-refractivity contribution in [2.24, 2.45) is 5.84 Å². The Kier molecular flexibility index (Phi) is 5.48. The van der Waals surface area contributed by atoms with Crippen molar-refractivity contribution in [3.05, 3.63) is 60.4 Å². The van der Waals surface area contributed by atoms with Crippen LogP contribution in [0.5, 0.6) is 11.5 Å². The van der Waals surface area contributed by atoms with Crippen molar-refractivity contribution in [2.45, 2.75) is 0 Å². The summed E-state index contributed by atoms with van der Waals surface area (Å²) >= 11 is 0. The maximum absolute atomic E-state index is 11.9. The molecule has 0 atom stereocenters. The first-order chi connectivity index (χ1) is 13.2. The second-order valence-corrected chi connectivity index (χ2v) is 5.50. The van der Waals surface area contributed by atoms with Gasteiger partial charge in [-0.1, -0.05) is 12.1 Å². The highest BCUT2D eigenvalue weighted by atomic mass is 16.5. The predicted octanol–water partition coefficient (Wildman–Crippen LogP) is 2.51. The molecule has 0 aliphatic rings. The summed E-state index contributed by atoms with van der Waals surface area (Å²) in [5.74, 6) is 6.48. The highest BCUT2D eigenvalue weighted by molar-refractivity contribution is 5.97. The zero-order valence-corrected chi connectivity index (χ0v) is 14.9. The van der Waals surface area contributed by atoms with E-state index in [9.17, 15) is 4.79 Å². The molecule has 4 N–H and O–H groups in total. The van der Waals surface area contributed by atoms with E-state index in [1.807, 2.05) is 24.3 Å². The van der Waals surface area contributed by atoms with Gasteiger partial charge in [-0.3, -0.25) is 10.2 Å². The molecule has 1 amide bonds. The average Bonchev–Trinajstić information content (AvgIpc) is 2.73. The van der Waals surface area contributed by atoms with E-state index in [0.717, 1.165) is 5.56 Å². The number of nitrogens with two attached hydrogens (primary N) is 1. The van der Waals surface area contributed by atoms with E-state index in [1.165, 1.54) is 13.4 Å². The van der Waals surface area contributed by atoms with Gasteiger partial charge in [-0.2, -0.15) is 0 Å². The number of nitrogen functional groups attached to an aromatic ring is 1. The molecule has 1 aromatic heterocycles. The van der Waals surface area contributed by atoms with Crippen molar-refractivity contribution in [1.29, 1.82) is 0 Å². The summed E-state index contributed by atoms with van der Waals surface area (Å²) in [5, 5.41) is 3.15. The summed E-state index contributed by atoms with van der Waals surface area (Å²) in [4.78, 5) is 20.5. The number of hydrogen-bond acceptors (Lipinski definition) is 7. The number of hydrogen-bond donors (Lipinski definition) is 3. The molecular weight excluding hydrogens is 346 g/mol. The highest BCUT2D eigenvalue weighted by Crippen LogP contribution is 2.30. The van der Waals surface area contributed by atoms with Gasteiger partial charge in [-0.05, 0) is 30.3 Å². The number of nitrogens with zero attached hydrogens (tertiary/aromatic N) is 2. The maximum atomic E-state index is 11.9. The number of aromatic nitrogens is 2. The lowest BCUT2D eigenvalue weighted by atomic mass is 10.1. The molecule has 0 unspecified atom stereocenters. The molecule has 27 heavy (non-hydrogen) atoms. The molecule has 138 valence electrons. The monoisotopic (exact) mass is 365 g/mol. The van der Waals surface area contributed by atoms with Crippen LogP contribution in [0, 0.1) is 0 Å². The van der Waals surface area contributed by atoms with Gasteiger partial charge < -0.3 is 14.8 Å². The minimum absolute atomic E-state index is 0.309. The molecule has 0 fully saturated rings. The lowest BCUT2D eigenvalue weighted by Gasteiger charge is -2.12. The van der Waals surface area contributed by atoms with Crippen molar-refractivity contribution in [2.75, 3.05) is 19.5 Å². The number of nitrogens with one attached hydrogen (secondary N) is 2. The number of para-hydroxylation sites is 1. The first-order valence-corrected chi connectivity index (χ1v) is 8.07. The molecule has 0 aliphatic carbocycles. The first-order valence-electron chi connectivity index (χ1n) is 8.07. The summed E-state index contributed by atoms with van der Waals surface area (Å²) in [6.45, 7) is 0. The second-order valence-electron chi connectivity index (χ2n) is 5.50. The van der Waals surface area contributed by atoms with E-state index in [2.05, 4.69) is 20.7 Å². The molecule has 0 aliphatic heterocycles. The molecule has 3 aromatic rings. The molecule has 0 bridgehead atoms. The fraction of sp³-hybridized carbons (Fsp3) is 0.105. The molecule has 8 heteroatoms. The molecule has 2 aromatic carbocycles. The van der Waals surface area contributed by atoms with Crippen LogP contribution in [0.1, 0.15) is 10.4 Å². The Morgan fingerprint density at radius 3 is 2.52 bits per heavy atom. The fourth-order valence-electron chi connectivity index (χ4n) is 2.62. The Balaban J connectivity index is 1.92.